The third-order valence-corrected chi connectivity index (χ3v) is 7.79. The lowest BCUT2D eigenvalue weighted by Gasteiger charge is -2.32. The van der Waals surface area contributed by atoms with Gasteiger partial charge >= 0.3 is 5.97 Å². The van der Waals surface area contributed by atoms with Gasteiger partial charge < -0.3 is 30.1 Å². The number of hydrogen-bond acceptors (Lipinski definition) is 7. The standard InChI is InChI=1S/C27H40N4O6/c1-2-3-11-29(12-5-4-10-28)25(33)17-31-15-20(19-8-9-22-23(14-19)37-18-36-22)26(27(34)35)21(31)16-30-13-6-7-24(30)32/h8-9,14,20-21,26H,2-7,10-13,15-18,28H2,1H3,(H,34,35)/t20-,21+,26?/m1/s1. The SMILES string of the molecule is CCCCN(CCCCN)C(=O)CN1C[C@H](c2ccc3c(c2)OCO3)C(C(=O)O)[C@@H]1CN1CCCC1=O. The third kappa shape index (κ3) is 6.35. The summed E-state index contributed by atoms with van der Waals surface area (Å²) in [6.45, 7) is 5.63. The molecule has 10 nitrogen and oxygen atoms in total. The Morgan fingerprint density at radius 1 is 1.16 bits per heavy atom. The molecule has 0 bridgehead atoms. The summed E-state index contributed by atoms with van der Waals surface area (Å²) in [6, 6.07) is 5.09. The first kappa shape index (κ1) is 27.2. The second kappa shape index (κ2) is 12.6. The maximum absolute atomic E-state index is 13.5. The van der Waals surface area contributed by atoms with E-state index in [-0.39, 0.29) is 31.1 Å². The molecule has 0 aliphatic carbocycles. The molecule has 3 heterocycles. The van der Waals surface area contributed by atoms with Crippen LogP contribution in [-0.2, 0) is 14.4 Å². The number of nitrogens with two attached hydrogens (primary N) is 1. The molecule has 204 valence electrons. The van der Waals surface area contributed by atoms with Gasteiger partial charge in [0, 0.05) is 51.1 Å². The smallest absolute Gasteiger partial charge is 0.308 e. The van der Waals surface area contributed by atoms with E-state index in [0.717, 1.165) is 37.7 Å². The zero-order valence-electron chi connectivity index (χ0n) is 21.8. The van der Waals surface area contributed by atoms with Crippen LogP contribution in [0.1, 0.15) is 56.9 Å². The molecule has 10 heteroatoms. The van der Waals surface area contributed by atoms with Crippen LogP contribution in [0, 0.1) is 5.92 Å². The molecule has 2 saturated heterocycles. The van der Waals surface area contributed by atoms with E-state index < -0.39 is 17.9 Å². The van der Waals surface area contributed by atoms with E-state index in [4.69, 9.17) is 15.2 Å². The van der Waals surface area contributed by atoms with Crippen LogP contribution < -0.4 is 15.2 Å². The van der Waals surface area contributed by atoms with E-state index in [1.807, 2.05) is 28.0 Å². The van der Waals surface area contributed by atoms with Crippen LogP contribution in [0.2, 0.25) is 0 Å². The van der Waals surface area contributed by atoms with Gasteiger partial charge in [0.2, 0.25) is 18.6 Å². The quantitative estimate of drug-likeness (QED) is 0.381. The van der Waals surface area contributed by atoms with Gasteiger partial charge in [0.25, 0.3) is 0 Å². The van der Waals surface area contributed by atoms with Gasteiger partial charge in [-0.25, -0.2) is 0 Å². The van der Waals surface area contributed by atoms with Gasteiger partial charge in [0.15, 0.2) is 11.5 Å². The van der Waals surface area contributed by atoms with Gasteiger partial charge in [0.05, 0.1) is 12.5 Å². The Labute approximate surface area is 218 Å². The van der Waals surface area contributed by atoms with Crippen molar-refractivity contribution >= 4 is 17.8 Å². The van der Waals surface area contributed by atoms with Crippen molar-refractivity contribution in [2.24, 2.45) is 11.7 Å². The molecule has 0 aromatic heterocycles. The number of carbonyl (C=O) groups excluding carboxylic acids is 2. The highest BCUT2D eigenvalue weighted by Crippen LogP contribution is 2.42. The first-order valence-corrected chi connectivity index (χ1v) is 13.5. The average Bonchev–Trinajstić information content (AvgIpc) is 3.60. The van der Waals surface area contributed by atoms with Crippen molar-refractivity contribution in [3.05, 3.63) is 23.8 Å². The molecule has 1 aromatic rings. The molecule has 1 aromatic carbocycles. The van der Waals surface area contributed by atoms with Crippen molar-refractivity contribution in [2.75, 3.05) is 52.6 Å². The monoisotopic (exact) mass is 516 g/mol. The predicted octanol–water partition coefficient (Wildman–Crippen LogP) is 1.87. The molecule has 2 fully saturated rings. The molecule has 0 saturated carbocycles. The lowest BCUT2D eigenvalue weighted by atomic mass is 9.85. The highest BCUT2D eigenvalue weighted by Gasteiger charge is 2.48. The summed E-state index contributed by atoms with van der Waals surface area (Å²) in [5.74, 6) is -0.726. The number of benzene rings is 1. The van der Waals surface area contributed by atoms with E-state index in [1.54, 1.807) is 4.90 Å². The summed E-state index contributed by atoms with van der Waals surface area (Å²) in [7, 11) is 0. The Balaban J connectivity index is 1.58. The van der Waals surface area contributed by atoms with Crippen molar-refractivity contribution in [3.63, 3.8) is 0 Å². The van der Waals surface area contributed by atoms with Gasteiger partial charge in [-0.1, -0.05) is 19.4 Å². The second-order valence-electron chi connectivity index (χ2n) is 10.3. The number of carboxylic acids is 1. The lowest BCUT2D eigenvalue weighted by molar-refractivity contribution is -0.144. The normalized spacial score (nSPS) is 23.1. The van der Waals surface area contributed by atoms with Crippen molar-refractivity contribution in [1.82, 2.24) is 14.7 Å². The first-order valence-electron chi connectivity index (χ1n) is 13.5. The highest BCUT2D eigenvalue weighted by atomic mass is 16.7. The molecule has 3 aliphatic rings. The van der Waals surface area contributed by atoms with Crippen LogP contribution in [0.3, 0.4) is 0 Å². The minimum absolute atomic E-state index is 0.00121. The second-order valence-corrected chi connectivity index (χ2v) is 10.3. The van der Waals surface area contributed by atoms with Gasteiger partial charge in [-0.2, -0.15) is 0 Å². The number of ether oxygens (including phenoxy) is 2. The summed E-state index contributed by atoms with van der Waals surface area (Å²) in [5, 5.41) is 10.4. The van der Waals surface area contributed by atoms with E-state index in [0.29, 0.717) is 57.2 Å². The Hall–Kier alpha value is -2.85. The van der Waals surface area contributed by atoms with E-state index in [1.165, 1.54) is 0 Å². The number of rotatable bonds is 13. The third-order valence-electron chi connectivity index (χ3n) is 7.79. The summed E-state index contributed by atoms with van der Waals surface area (Å²) >= 11 is 0. The number of carbonyl (C=O) groups is 3. The molecule has 37 heavy (non-hydrogen) atoms. The summed E-state index contributed by atoms with van der Waals surface area (Å²) in [5.41, 5.74) is 6.50. The fourth-order valence-electron chi connectivity index (χ4n) is 5.75. The van der Waals surface area contributed by atoms with E-state index in [9.17, 15) is 19.5 Å². The van der Waals surface area contributed by atoms with Crippen molar-refractivity contribution in [1.29, 1.82) is 0 Å². The maximum Gasteiger partial charge on any atom is 0.308 e. The van der Waals surface area contributed by atoms with Gasteiger partial charge in [-0.15, -0.1) is 0 Å². The molecule has 3 atom stereocenters. The first-order chi connectivity index (χ1) is 17.9. The van der Waals surface area contributed by atoms with Crippen LogP contribution in [0.4, 0.5) is 0 Å². The van der Waals surface area contributed by atoms with Crippen LogP contribution in [0.25, 0.3) is 0 Å². The minimum atomic E-state index is -0.917. The largest absolute Gasteiger partial charge is 0.481 e. The Bertz CT molecular complexity index is 972. The fourth-order valence-corrected chi connectivity index (χ4v) is 5.75. The van der Waals surface area contributed by atoms with E-state index in [2.05, 4.69) is 6.92 Å². The predicted molar refractivity (Wildman–Crippen MR) is 137 cm³/mol. The lowest BCUT2D eigenvalue weighted by Crippen LogP contribution is -2.49. The fraction of sp³-hybridized carbons (Fsp3) is 0.667. The number of hydrogen-bond donors (Lipinski definition) is 2. The highest BCUT2D eigenvalue weighted by molar-refractivity contribution is 5.80. The molecule has 0 spiro atoms. The molecule has 1 unspecified atom stereocenters. The summed E-state index contributed by atoms with van der Waals surface area (Å²) in [6.07, 6.45) is 4.86. The number of likely N-dealkylation sites (tertiary alicyclic amines) is 2. The van der Waals surface area contributed by atoms with Gasteiger partial charge in [0.1, 0.15) is 0 Å². The number of aliphatic carboxylic acids is 1. The van der Waals surface area contributed by atoms with Crippen molar-refractivity contribution in [2.45, 2.75) is 57.4 Å². The molecule has 3 N–H and O–H groups in total. The van der Waals surface area contributed by atoms with Crippen LogP contribution in [0.5, 0.6) is 11.5 Å². The Morgan fingerprint density at radius 3 is 2.65 bits per heavy atom. The minimum Gasteiger partial charge on any atom is -0.481 e. The van der Waals surface area contributed by atoms with Crippen LogP contribution in [-0.4, -0.2) is 96.2 Å². The van der Waals surface area contributed by atoms with Crippen LogP contribution >= 0.6 is 0 Å². The topological polar surface area (TPSA) is 126 Å². The number of carboxylic acid groups (broad SMARTS) is 1. The molecule has 3 aliphatic heterocycles. The summed E-state index contributed by atoms with van der Waals surface area (Å²) in [4.78, 5) is 44.3. The summed E-state index contributed by atoms with van der Waals surface area (Å²) < 4.78 is 11.0. The van der Waals surface area contributed by atoms with Gasteiger partial charge in [-0.05, 0) is 49.9 Å². The molecule has 0 radical (unpaired) electrons. The number of fused-ring (bicyclic) bond motifs is 1. The van der Waals surface area contributed by atoms with Crippen molar-refractivity contribution in [3.8, 4) is 11.5 Å². The van der Waals surface area contributed by atoms with Crippen LogP contribution in [0.15, 0.2) is 18.2 Å². The number of unbranched alkanes of at least 4 members (excludes halogenated alkanes) is 2. The molecular formula is C27H40N4O6. The van der Waals surface area contributed by atoms with Gasteiger partial charge in [-0.3, -0.25) is 19.3 Å². The molecule has 4 rings (SSSR count). The molecular weight excluding hydrogens is 476 g/mol. The maximum atomic E-state index is 13.5. The Kier molecular flexibility index (Phi) is 9.26. The number of amides is 2. The zero-order valence-corrected chi connectivity index (χ0v) is 21.8. The average molecular weight is 517 g/mol. The Morgan fingerprint density at radius 2 is 1.95 bits per heavy atom. The molecule has 2 amide bonds. The zero-order chi connectivity index (χ0) is 26.4. The van der Waals surface area contributed by atoms with E-state index >= 15 is 0 Å². The number of nitrogens with zero attached hydrogens (tertiary/aromatic N) is 3. The van der Waals surface area contributed by atoms with Crippen molar-refractivity contribution < 1.29 is 29.0 Å².